The van der Waals surface area contributed by atoms with Gasteiger partial charge < -0.3 is 27.5 Å². The summed E-state index contributed by atoms with van der Waals surface area (Å²) in [5, 5.41) is 4.96. The van der Waals surface area contributed by atoms with E-state index >= 15 is 0 Å². The second kappa shape index (κ2) is 10.3. The maximum atomic E-state index is 12.4. The number of nitrogens with one attached hydrogen (secondary N) is 2. The van der Waals surface area contributed by atoms with E-state index in [1.54, 1.807) is 0 Å². The number of benzene rings is 3. The Labute approximate surface area is 203 Å². The lowest BCUT2D eigenvalue weighted by molar-refractivity contribution is -0.119. The lowest BCUT2D eigenvalue weighted by Gasteiger charge is -2.21. The Bertz CT molecular complexity index is 1300. The standard InChI is InChI=1S/C26H27ClN6O/c27-19-12-18-13-21(32-23(18)22(14-19)31-15-17-9-5-2-6-10-17)20(11-16-7-3-1-4-8-16)24(25(28)34)33-26(29)30/h1-10,12-14,20,24,31-32H,11,15H2,(H2,28,34)(H4,29,30,33)/t20-,24?/m0/s1. The summed E-state index contributed by atoms with van der Waals surface area (Å²) in [6, 6.07) is 24.7. The molecule has 0 aliphatic heterocycles. The van der Waals surface area contributed by atoms with Gasteiger partial charge in [0.25, 0.3) is 0 Å². The molecule has 0 bridgehead atoms. The molecule has 2 atom stereocenters. The molecular weight excluding hydrogens is 448 g/mol. The lowest BCUT2D eigenvalue weighted by Crippen LogP contribution is -2.37. The summed E-state index contributed by atoms with van der Waals surface area (Å²) in [6.07, 6.45) is 0.512. The molecular formula is C26H27ClN6O. The summed E-state index contributed by atoms with van der Waals surface area (Å²) in [6.45, 7) is 0.635. The number of H-pyrrole nitrogens is 1. The average molecular weight is 475 g/mol. The van der Waals surface area contributed by atoms with Crippen LogP contribution in [0.3, 0.4) is 0 Å². The molecule has 1 unspecified atom stereocenters. The maximum absolute atomic E-state index is 12.4. The molecule has 0 aliphatic carbocycles. The van der Waals surface area contributed by atoms with Crippen molar-refractivity contribution < 1.29 is 4.79 Å². The summed E-state index contributed by atoms with van der Waals surface area (Å²) < 4.78 is 0. The molecule has 34 heavy (non-hydrogen) atoms. The van der Waals surface area contributed by atoms with E-state index in [4.69, 9.17) is 28.8 Å². The van der Waals surface area contributed by atoms with Crippen LogP contribution in [-0.2, 0) is 17.8 Å². The third kappa shape index (κ3) is 5.50. The van der Waals surface area contributed by atoms with Crippen LogP contribution in [0.2, 0.25) is 5.02 Å². The number of hydrogen-bond acceptors (Lipinski definition) is 3. The summed E-state index contributed by atoms with van der Waals surface area (Å²) in [5.74, 6) is -1.20. The second-order valence-corrected chi connectivity index (χ2v) is 8.62. The Balaban J connectivity index is 1.75. The Kier molecular flexibility index (Phi) is 7.04. The van der Waals surface area contributed by atoms with Crippen molar-refractivity contribution in [2.24, 2.45) is 22.2 Å². The number of anilines is 1. The molecule has 0 saturated carbocycles. The molecule has 1 aromatic heterocycles. The number of carbonyl (C=O) groups excluding carboxylic acids is 1. The number of guanidine groups is 1. The first-order valence-electron chi connectivity index (χ1n) is 10.9. The number of primary amides is 1. The first-order chi connectivity index (χ1) is 16.4. The van der Waals surface area contributed by atoms with Gasteiger partial charge in [-0.15, -0.1) is 0 Å². The minimum absolute atomic E-state index is 0.189. The van der Waals surface area contributed by atoms with Gasteiger partial charge in [-0.1, -0.05) is 72.3 Å². The highest BCUT2D eigenvalue weighted by Gasteiger charge is 2.30. The predicted octanol–water partition coefficient (Wildman–Crippen LogP) is 3.89. The van der Waals surface area contributed by atoms with E-state index in [1.165, 1.54) is 0 Å². The molecule has 8 N–H and O–H groups in total. The molecule has 0 spiro atoms. The number of rotatable bonds is 9. The van der Waals surface area contributed by atoms with Gasteiger partial charge in [-0.3, -0.25) is 4.79 Å². The highest BCUT2D eigenvalue weighted by molar-refractivity contribution is 6.31. The van der Waals surface area contributed by atoms with Gasteiger partial charge in [0, 0.05) is 28.6 Å². The monoisotopic (exact) mass is 474 g/mol. The smallest absolute Gasteiger partial charge is 0.243 e. The predicted molar refractivity (Wildman–Crippen MR) is 139 cm³/mol. The molecule has 4 rings (SSSR count). The Morgan fingerprint density at radius 1 is 0.941 bits per heavy atom. The van der Waals surface area contributed by atoms with Gasteiger partial charge in [0.15, 0.2) is 5.96 Å². The van der Waals surface area contributed by atoms with Crippen LogP contribution in [-0.4, -0.2) is 22.9 Å². The highest BCUT2D eigenvalue weighted by atomic mass is 35.5. The normalized spacial score (nSPS) is 12.7. The molecule has 1 amide bonds. The number of hydrogen-bond donors (Lipinski definition) is 5. The molecule has 0 fully saturated rings. The van der Waals surface area contributed by atoms with Gasteiger partial charge in [-0.25, -0.2) is 4.99 Å². The number of aliphatic imine (C=N–C) groups is 1. The zero-order chi connectivity index (χ0) is 24.1. The van der Waals surface area contributed by atoms with E-state index in [9.17, 15) is 4.79 Å². The first-order valence-corrected chi connectivity index (χ1v) is 11.3. The van der Waals surface area contributed by atoms with Crippen LogP contribution in [0.25, 0.3) is 10.9 Å². The molecule has 1 heterocycles. The van der Waals surface area contributed by atoms with E-state index in [-0.39, 0.29) is 5.96 Å². The zero-order valence-corrected chi connectivity index (χ0v) is 19.3. The molecule has 7 nitrogen and oxygen atoms in total. The van der Waals surface area contributed by atoms with Gasteiger partial charge in [-0.2, -0.15) is 0 Å². The topological polar surface area (TPSA) is 135 Å². The number of fused-ring (bicyclic) bond motifs is 1. The molecule has 0 radical (unpaired) electrons. The van der Waals surface area contributed by atoms with Crippen molar-refractivity contribution in [1.29, 1.82) is 0 Å². The van der Waals surface area contributed by atoms with Crippen molar-refractivity contribution in [2.75, 3.05) is 5.32 Å². The summed E-state index contributed by atoms with van der Waals surface area (Å²) >= 11 is 6.42. The fourth-order valence-corrected chi connectivity index (χ4v) is 4.36. The molecule has 3 aromatic carbocycles. The zero-order valence-electron chi connectivity index (χ0n) is 18.5. The second-order valence-electron chi connectivity index (χ2n) is 8.18. The Hall–Kier alpha value is -3.97. The lowest BCUT2D eigenvalue weighted by atomic mass is 9.89. The van der Waals surface area contributed by atoms with Crippen LogP contribution in [0.4, 0.5) is 5.69 Å². The highest BCUT2D eigenvalue weighted by Crippen LogP contribution is 2.34. The number of nitrogens with two attached hydrogens (primary N) is 3. The number of nitrogens with zero attached hydrogens (tertiary/aromatic N) is 1. The van der Waals surface area contributed by atoms with Crippen molar-refractivity contribution in [3.63, 3.8) is 0 Å². The van der Waals surface area contributed by atoms with Gasteiger partial charge in [0.1, 0.15) is 6.04 Å². The number of carbonyl (C=O) groups is 1. The van der Waals surface area contributed by atoms with Crippen LogP contribution in [0, 0.1) is 0 Å². The summed E-state index contributed by atoms with van der Waals surface area (Å²) in [7, 11) is 0. The van der Waals surface area contributed by atoms with Crippen LogP contribution in [0.5, 0.6) is 0 Å². The van der Waals surface area contributed by atoms with Crippen molar-refractivity contribution in [3.05, 3.63) is 101 Å². The van der Waals surface area contributed by atoms with E-state index in [1.807, 2.05) is 66.7 Å². The van der Waals surface area contributed by atoms with Gasteiger partial charge in [0.05, 0.1) is 11.2 Å². The van der Waals surface area contributed by atoms with Crippen LogP contribution in [0.15, 0.2) is 83.9 Å². The fraction of sp³-hybridized carbons (Fsp3) is 0.154. The SMILES string of the molecule is NC(=O)C(N=C(N)N)[C@@H](Cc1ccccc1)c1cc2cc(Cl)cc(NCc3ccccc3)c2[nH]1. The Morgan fingerprint density at radius 3 is 2.21 bits per heavy atom. The Morgan fingerprint density at radius 2 is 1.59 bits per heavy atom. The average Bonchev–Trinajstić information content (AvgIpc) is 3.24. The number of aromatic amines is 1. The summed E-state index contributed by atoms with van der Waals surface area (Å²) in [5.41, 5.74) is 21.7. The van der Waals surface area contributed by atoms with E-state index in [0.717, 1.165) is 33.4 Å². The largest absolute Gasteiger partial charge is 0.379 e. The van der Waals surface area contributed by atoms with Gasteiger partial charge >= 0.3 is 0 Å². The molecule has 0 saturated heterocycles. The minimum atomic E-state index is -0.936. The maximum Gasteiger partial charge on any atom is 0.243 e. The molecule has 0 aliphatic rings. The van der Waals surface area contributed by atoms with E-state index in [0.29, 0.717) is 18.0 Å². The minimum Gasteiger partial charge on any atom is -0.379 e. The van der Waals surface area contributed by atoms with Crippen molar-refractivity contribution >= 4 is 40.1 Å². The van der Waals surface area contributed by atoms with Crippen molar-refractivity contribution in [2.45, 2.75) is 24.9 Å². The number of amides is 1. The van der Waals surface area contributed by atoms with Crippen LogP contribution >= 0.6 is 11.6 Å². The quantitative estimate of drug-likeness (QED) is 0.186. The molecule has 8 heteroatoms. The van der Waals surface area contributed by atoms with Crippen molar-refractivity contribution in [1.82, 2.24) is 4.98 Å². The summed E-state index contributed by atoms with van der Waals surface area (Å²) in [4.78, 5) is 20.0. The third-order valence-corrected chi connectivity index (χ3v) is 5.92. The van der Waals surface area contributed by atoms with E-state index in [2.05, 4.69) is 27.4 Å². The molecule has 174 valence electrons. The van der Waals surface area contributed by atoms with E-state index < -0.39 is 17.9 Å². The molecule has 4 aromatic rings. The van der Waals surface area contributed by atoms with Crippen molar-refractivity contribution in [3.8, 4) is 0 Å². The number of aromatic nitrogens is 1. The number of halogens is 1. The first kappa shape index (κ1) is 23.2. The van der Waals surface area contributed by atoms with Crippen LogP contribution < -0.4 is 22.5 Å². The third-order valence-electron chi connectivity index (χ3n) is 5.70. The van der Waals surface area contributed by atoms with Crippen LogP contribution in [0.1, 0.15) is 22.7 Å². The van der Waals surface area contributed by atoms with Gasteiger partial charge in [0.2, 0.25) is 5.91 Å². The fourth-order valence-electron chi connectivity index (χ4n) is 4.13. The van der Waals surface area contributed by atoms with Gasteiger partial charge in [-0.05, 0) is 35.7 Å².